The summed E-state index contributed by atoms with van der Waals surface area (Å²) < 4.78 is 41.7. The molecule has 3 N–H and O–H groups in total. The molecular formula is C75H114ClF3N12O12. The second kappa shape index (κ2) is 36.8. The van der Waals surface area contributed by atoms with Crippen LogP contribution >= 0.6 is 11.6 Å². The van der Waals surface area contributed by atoms with Gasteiger partial charge in [0.25, 0.3) is 0 Å². The Balaban J connectivity index is 1.18. The Bertz CT molecular complexity index is 3200. The molecule has 1 unspecified atom stereocenters. The van der Waals surface area contributed by atoms with E-state index >= 15 is 33.6 Å². The molecule has 1 spiro atoms. The molecular weight excluding hydrogens is 1350 g/mol. The number of fused-ring (bicyclic) bond motifs is 1. The van der Waals surface area contributed by atoms with Crippen molar-refractivity contribution in [1.29, 1.82) is 0 Å². The first-order valence-corrected chi connectivity index (χ1v) is 38.4. The van der Waals surface area contributed by atoms with Gasteiger partial charge >= 0.3 is 6.18 Å². The molecule has 0 radical (unpaired) electrons. The summed E-state index contributed by atoms with van der Waals surface area (Å²) in [6.07, 6.45) is 10.8. The van der Waals surface area contributed by atoms with Gasteiger partial charge in [-0.3, -0.25) is 57.5 Å². The Labute approximate surface area is 611 Å². The number of nitrogens with zero attached hydrogens (tertiary/aromatic N) is 9. The molecule has 8 rings (SSSR count). The maximum Gasteiger partial charge on any atom is 0.417 e. The van der Waals surface area contributed by atoms with Crippen LogP contribution in [-0.2, 0) is 70.1 Å². The predicted molar refractivity (Wildman–Crippen MR) is 381 cm³/mol. The zero-order valence-electron chi connectivity index (χ0n) is 62.3. The van der Waals surface area contributed by atoms with Crippen molar-refractivity contribution >= 4 is 82.5 Å². The topological polar surface area (TPSA) is 270 Å². The highest BCUT2D eigenvalue weighted by Gasteiger charge is 2.52. The average Bonchev–Trinajstić information content (AvgIpc) is 1.74. The van der Waals surface area contributed by atoms with Crippen molar-refractivity contribution in [3.05, 3.63) is 34.3 Å². The molecule has 3 aliphatic heterocycles. The van der Waals surface area contributed by atoms with Crippen LogP contribution in [0.2, 0.25) is 5.02 Å². The Morgan fingerprint density at radius 3 is 1.75 bits per heavy atom. The van der Waals surface area contributed by atoms with Crippen molar-refractivity contribution in [2.24, 2.45) is 23.7 Å². The predicted octanol–water partition coefficient (Wildman–Crippen LogP) is 6.96. The molecule has 0 aromatic heterocycles. The Kier molecular flexibility index (Phi) is 29.1. The van der Waals surface area contributed by atoms with Gasteiger partial charge in [-0.2, -0.15) is 13.2 Å². The molecule has 103 heavy (non-hydrogen) atoms. The normalized spacial score (nSPS) is 27.5. The summed E-state index contributed by atoms with van der Waals surface area (Å²) in [4.78, 5) is 193. The summed E-state index contributed by atoms with van der Waals surface area (Å²) in [6, 6.07) is -5.40. The maximum atomic E-state index is 15.9. The third-order valence-corrected chi connectivity index (χ3v) is 24.0. The standard InChI is InChI=1S/C75H114ClF3N12O12/c1-10-48(2)63-71(101)85(5)46-61(94)83(3)47-62(95)86(6)57(43-49-26-15-11-16-27-49)69(99)84(4)45-59(92)80-55(36-34-50-33-35-53(54(76)42-50)75(77,78)79)68(98)91-41-25-32-56(91)66(96)82-74(37-21-22-38-74)73(103)89(9)65(52-30-19-13-20-31-52)72(102)87(7)58(70(100)90-39-23-14-24-40-90)44-60(93)88(8)64(67(97)81-63)51-28-17-12-18-29-51/h33,35,42,48-49,51-52,55-58,63-65H,10-32,34,36-41,43-47H2,1-9H3,(H,80,92)(H,81,97)(H,82,96)/t48-,55-,56?,57-,58-,63-,64-,65-/m0/s1. The fourth-order valence-corrected chi connectivity index (χ4v) is 17.4. The molecule has 12 amide bonds. The molecule has 574 valence electrons. The Morgan fingerprint density at radius 1 is 0.583 bits per heavy atom. The summed E-state index contributed by atoms with van der Waals surface area (Å²) in [5, 5.41) is 8.31. The largest absolute Gasteiger partial charge is 0.417 e. The smallest absolute Gasteiger partial charge is 0.343 e. The van der Waals surface area contributed by atoms with Crippen LogP contribution in [0.4, 0.5) is 13.2 Å². The lowest BCUT2D eigenvalue weighted by molar-refractivity contribution is -0.157. The minimum Gasteiger partial charge on any atom is -0.343 e. The van der Waals surface area contributed by atoms with Gasteiger partial charge in [-0.15, -0.1) is 0 Å². The number of likely N-dealkylation sites (tertiary alicyclic amines) is 1. The van der Waals surface area contributed by atoms with Crippen molar-refractivity contribution < 1.29 is 70.7 Å². The number of benzene rings is 1. The van der Waals surface area contributed by atoms with Gasteiger partial charge in [-0.1, -0.05) is 121 Å². The quantitative estimate of drug-likeness (QED) is 0.215. The molecule has 3 heterocycles. The van der Waals surface area contributed by atoms with Gasteiger partial charge in [0.2, 0.25) is 70.9 Å². The molecule has 0 bridgehead atoms. The fraction of sp³-hybridized carbons (Fsp3) is 0.760. The van der Waals surface area contributed by atoms with Gasteiger partial charge in [0, 0.05) is 69.0 Å². The van der Waals surface area contributed by atoms with Crippen LogP contribution in [0.5, 0.6) is 0 Å². The van der Waals surface area contributed by atoms with Gasteiger partial charge in [0.05, 0.1) is 36.6 Å². The average molecular weight is 1470 g/mol. The molecule has 4 aliphatic carbocycles. The number of hydrogen-bond donors (Lipinski definition) is 3. The van der Waals surface area contributed by atoms with E-state index in [9.17, 15) is 37.1 Å². The highest BCUT2D eigenvalue weighted by molar-refractivity contribution is 6.31. The van der Waals surface area contributed by atoms with Crippen LogP contribution in [0.25, 0.3) is 0 Å². The number of likely N-dealkylation sites (N-methyl/N-ethyl adjacent to an activating group) is 7. The van der Waals surface area contributed by atoms with Crippen molar-refractivity contribution in [1.82, 2.24) is 60.0 Å². The number of piperidine rings is 1. The third kappa shape index (κ3) is 20.3. The SMILES string of the molecule is CC[C@H](C)[C@@H]1NC(=O)[C@H](C2CCCCC2)N(C)C(=O)C[C@@H](C(=O)N2CCCCC2)N(C)C(=O)[C@H](C2CCCCC2)N(C)C(=O)C2(CCCC2)NC(=O)C2CCCN2C(=O)[C@H](CCc2ccc(C(F)(F)F)c(Cl)c2)NC(=O)CN(C)C(=O)[C@H](CC2CCCCC2)N(C)C(=O)CN(C)C(=O)CN(C)C1=O. The van der Waals surface area contributed by atoms with Gasteiger partial charge in [-0.25, -0.2) is 0 Å². The van der Waals surface area contributed by atoms with Crippen molar-refractivity contribution in [3.63, 3.8) is 0 Å². The van der Waals surface area contributed by atoms with Gasteiger partial charge in [-0.05, 0) is 131 Å². The third-order valence-electron chi connectivity index (χ3n) is 23.7. The second-order valence-electron chi connectivity index (χ2n) is 30.9. The molecule has 7 fully saturated rings. The molecule has 24 nitrogen and oxygen atoms in total. The van der Waals surface area contributed by atoms with E-state index in [2.05, 4.69) is 16.0 Å². The number of hydrogen-bond acceptors (Lipinski definition) is 12. The second-order valence-corrected chi connectivity index (χ2v) is 31.3. The number of aryl methyl sites for hydroxylation is 1. The number of nitrogens with one attached hydrogen (secondary N) is 3. The number of carbonyl (C=O) groups excluding carboxylic acids is 12. The molecule has 1 aromatic rings. The minimum atomic E-state index is -4.76. The molecule has 7 aliphatic rings. The first kappa shape index (κ1) is 81.6. The van der Waals surface area contributed by atoms with Crippen LogP contribution in [-0.4, -0.2) is 251 Å². The lowest BCUT2D eigenvalue weighted by atomic mass is 9.81. The van der Waals surface area contributed by atoms with Crippen LogP contribution in [0.1, 0.15) is 205 Å². The number of amides is 12. The van der Waals surface area contributed by atoms with Crippen LogP contribution in [0.15, 0.2) is 18.2 Å². The maximum absolute atomic E-state index is 15.9. The van der Waals surface area contributed by atoms with E-state index < -0.39 is 173 Å². The highest BCUT2D eigenvalue weighted by atomic mass is 35.5. The summed E-state index contributed by atoms with van der Waals surface area (Å²) in [6.45, 7) is 2.81. The number of alkyl halides is 3. The van der Waals surface area contributed by atoms with Crippen LogP contribution in [0, 0.1) is 23.7 Å². The van der Waals surface area contributed by atoms with E-state index in [0.29, 0.717) is 82.9 Å². The minimum absolute atomic E-state index is 0.0220. The van der Waals surface area contributed by atoms with Crippen molar-refractivity contribution in [2.45, 2.75) is 254 Å². The van der Waals surface area contributed by atoms with E-state index in [1.165, 1.54) is 84.8 Å². The van der Waals surface area contributed by atoms with E-state index in [1.54, 1.807) is 11.8 Å². The zero-order chi connectivity index (χ0) is 75.2. The molecule has 1 aromatic carbocycles. The van der Waals surface area contributed by atoms with Crippen molar-refractivity contribution in [3.8, 4) is 0 Å². The van der Waals surface area contributed by atoms with Crippen LogP contribution in [0.3, 0.4) is 0 Å². The van der Waals surface area contributed by atoms with Crippen molar-refractivity contribution in [2.75, 3.05) is 88.6 Å². The lowest BCUT2D eigenvalue weighted by Gasteiger charge is -2.43. The number of carbonyl (C=O) groups is 12. The summed E-state index contributed by atoms with van der Waals surface area (Å²) in [7, 11) is 10.2. The lowest BCUT2D eigenvalue weighted by Crippen LogP contribution is -2.65. The van der Waals surface area contributed by atoms with Gasteiger partial charge in [0.1, 0.15) is 47.8 Å². The zero-order valence-corrected chi connectivity index (χ0v) is 63.0. The number of rotatable bonds is 10. The van der Waals surface area contributed by atoms with Gasteiger partial charge in [0.15, 0.2) is 0 Å². The molecule has 8 atom stereocenters. The molecule has 3 saturated heterocycles. The van der Waals surface area contributed by atoms with E-state index in [4.69, 9.17) is 11.6 Å². The Morgan fingerprint density at radius 2 is 1.16 bits per heavy atom. The summed E-state index contributed by atoms with van der Waals surface area (Å²) in [5.74, 6) is -8.64. The highest BCUT2D eigenvalue weighted by Crippen LogP contribution is 2.39. The molecule has 4 saturated carbocycles. The van der Waals surface area contributed by atoms with E-state index in [-0.39, 0.29) is 56.9 Å². The first-order chi connectivity index (χ1) is 48.9. The van der Waals surface area contributed by atoms with Crippen LogP contribution < -0.4 is 16.0 Å². The fourth-order valence-electron chi connectivity index (χ4n) is 17.1. The monoisotopic (exact) mass is 1470 g/mol. The van der Waals surface area contributed by atoms with Gasteiger partial charge < -0.3 is 60.0 Å². The number of halogens is 4. The summed E-state index contributed by atoms with van der Waals surface area (Å²) >= 11 is 6.17. The van der Waals surface area contributed by atoms with E-state index in [1.807, 2.05) is 6.92 Å². The summed E-state index contributed by atoms with van der Waals surface area (Å²) in [5.41, 5.74) is -2.33. The van der Waals surface area contributed by atoms with E-state index in [0.717, 1.165) is 99.0 Å². The first-order valence-electron chi connectivity index (χ1n) is 38.0. The Hall–Kier alpha value is -7.06. The molecule has 28 heteroatoms.